The largest absolute Gasteiger partial charge is 0.454 e. The van der Waals surface area contributed by atoms with Gasteiger partial charge in [0.25, 0.3) is 0 Å². The Kier molecular flexibility index (Phi) is 3.26. The zero-order chi connectivity index (χ0) is 14.1. The van der Waals surface area contributed by atoms with Crippen molar-refractivity contribution in [1.82, 2.24) is 9.78 Å². The molecule has 2 aromatic rings. The first-order valence-electron chi connectivity index (χ1n) is 6.86. The first-order chi connectivity index (χ1) is 9.67. The zero-order valence-corrected chi connectivity index (χ0v) is 12.0. The van der Waals surface area contributed by atoms with Gasteiger partial charge in [-0.05, 0) is 31.0 Å². The Morgan fingerprint density at radius 3 is 2.95 bits per heavy atom. The molecule has 3 rings (SSSR count). The molecule has 5 nitrogen and oxygen atoms in total. The fourth-order valence-electron chi connectivity index (χ4n) is 2.42. The summed E-state index contributed by atoms with van der Waals surface area (Å²) in [7, 11) is 1.94. The Labute approximate surface area is 118 Å². The van der Waals surface area contributed by atoms with Crippen LogP contribution in [0.2, 0.25) is 0 Å². The van der Waals surface area contributed by atoms with Gasteiger partial charge in [-0.25, -0.2) is 0 Å². The molecule has 1 aromatic carbocycles. The number of fused-ring (bicyclic) bond motifs is 1. The monoisotopic (exact) mass is 273 g/mol. The highest BCUT2D eigenvalue weighted by Gasteiger charge is 2.16. The first-order valence-corrected chi connectivity index (χ1v) is 6.86. The second-order valence-electron chi connectivity index (χ2n) is 5.00. The third kappa shape index (κ3) is 2.31. The number of nitrogens with zero attached hydrogens (tertiary/aromatic N) is 2. The van der Waals surface area contributed by atoms with Gasteiger partial charge >= 0.3 is 0 Å². The lowest BCUT2D eigenvalue weighted by atomic mass is 10.1. The number of rotatable bonds is 4. The van der Waals surface area contributed by atoms with Crippen LogP contribution in [0.3, 0.4) is 0 Å². The van der Waals surface area contributed by atoms with E-state index in [9.17, 15) is 0 Å². The molecule has 0 fully saturated rings. The van der Waals surface area contributed by atoms with E-state index in [4.69, 9.17) is 9.47 Å². The average molecular weight is 273 g/mol. The minimum atomic E-state index is 0.180. The van der Waals surface area contributed by atoms with Gasteiger partial charge in [0.2, 0.25) is 6.79 Å². The lowest BCUT2D eigenvalue weighted by molar-refractivity contribution is 0.174. The lowest BCUT2D eigenvalue weighted by Crippen LogP contribution is -2.07. The van der Waals surface area contributed by atoms with Crippen molar-refractivity contribution >= 4 is 5.69 Å². The SMILES string of the molecule is CCc1nn(C)cc1NC(C)c1ccc2c(c1)OCO2. The summed E-state index contributed by atoms with van der Waals surface area (Å²) in [4.78, 5) is 0. The fraction of sp³-hybridized carbons (Fsp3) is 0.400. The molecular formula is C15H19N3O2. The van der Waals surface area contributed by atoms with E-state index < -0.39 is 0 Å². The first kappa shape index (κ1) is 12.8. The van der Waals surface area contributed by atoms with Crippen molar-refractivity contribution in [1.29, 1.82) is 0 Å². The number of nitrogens with one attached hydrogen (secondary N) is 1. The highest BCUT2D eigenvalue weighted by atomic mass is 16.7. The normalized spacial score (nSPS) is 14.3. The Morgan fingerprint density at radius 1 is 1.35 bits per heavy atom. The Bertz CT molecular complexity index is 622. The zero-order valence-electron chi connectivity index (χ0n) is 12.0. The summed E-state index contributed by atoms with van der Waals surface area (Å²) in [6.45, 7) is 4.55. The van der Waals surface area contributed by atoms with Crippen LogP contribution in [0.5, 0.6) is 11.5 Å². The van der Waals surface area contributed by atoms with Gasteiger partial charge in [0.1, 0.15) is 0 Å². The van der Waals surface area contributed by atoms with Crippen molar-refractivity contribution < 1.29 is 9.47 Å². The van der Waals surface area contributed by atoms with E-state index in [0.717, 1.165) is 29.3 Å². The summed E-state index contributed by atoms with van der Waals surface area (Å²) >= 11 is 0. The summed E-state index contributed by atoms with van der Waals surface area (Å²) in [5.74, 6) is 1.63. The Balaban J connectivity index is 1.80. The summed E-state index contributed by atoms with van der Waals surface area (Å²) in [5.41, 5.74) is 3.33. The molecule has 1 atom stereocenters. The van der Waals surface area contributed by atoms with Gasteiger partial charge in [0.15, 0.2) is 11.5 Å². The summed E-state index contributed by atoms with van der Waals surface area (Å²) in [6, 6.07) is 6.23. The van der Waals surface area contributed by atoms with E-state index >= 15 is 0 Å². The maximum Gasteiger partial charge on any atom is 0.231 e. The molecule has 0 saturated heterocycles. The van der Waals surface area contributed by atoms with Crippen LogP contribution < -0.4 is 14.8 Å². The van der Waals surface area contributed by atoms with Gasteiger partial charge in [-0.3, -0.25) is 4.68 Å². The number of benzene rings is 1. The lowest BCUT2D eigenvalue weighted by Gasteiger charge is -2.15. The van der Waals surface area contributed by atoms with E-state index in [-0.39, 0.29) is 6.04 Å². The minimum Gasteiger partial charge on any atom is -0.454 e. The van der Waals surface area contributed by atoms with E-state index in [1.807, 2.05) is 30.1 Å². The second kappa shape index (κ2) is 5.07. The molecule has 1 unspecified atom stereocenters. The van der Waals surface area contributed by atoms with E-state index in [1.54, 1.807) is 0 Å². The van der Waals surface area contributed by atoms with Crippen molar-refractivity contribution in [2.45, 2.75) is 26.3 Å². The fourth-order valence-corrected chi connectivity index (χ4v) is 2.42. The predicted octanol–water partition coefficient (Wildman–Crippen LogP) is 2.88. The second-order valence-corrected chi connectivity index (χ2v) is 5.00. The van der Waals surface area contributed by atoms with Crippen molar-refractivity contribution in [3.05, 3.63) is 35.7 Å². The molecule has 1 aliphatic rings. The number of anilines is 1. The molecule has 0 aliphatic carbocycles. The molecule has 0 amide bonds. The molecule has 1 aliphatic heterocycles. The van der Waals surface area contributed by atoms with Gasteiger partial charge < -0.3 is 14.8 Å². The molecule has 0 bridgehead atoms. The number of hydrogen-bond acceptors (Lipinski definition) is 4. The number of hydrogen-bond donors (Lipinski definition) is 1. The van der Waals surface area contributed by atoms with Crippen molar-refractivity contribution in [3.8, 4) is 11.5 Å². The van der Waals surface area contributed by atoms with Gasteiger partial charge in [0, 0.05) is 19.3 Å². The maximum atomic E-state index is 5.42. The van der Waals surface area contributed by atoms with Gasteiger partial charge in [0.05, 0.1) is 11.4 Å². The molecule has 1 N–H and O–H groups in total. The smallest absolute Gasteiger partial charge is 0.231 e. The van der Waals surface area contributed by atoms with Crippen molar-refractivity contribution in [3.63, 3.8) is 0 Å². The highest BCUT2D eigenvalue weighted by molar-refractivity contribution is 5.51. The molecule has 0 radical (unpaired) electrons. The Morgan fingerprint density at radius 2 is 2.15 bits per heavy atom. The van der Waals surface area contributed by atoms with Crippen LogP contribution in [0, 0.1) is 0 Å². The quantitative estimate of drug-likeness (QED) is 0.930. The van der Waals surface area contributed by atoms with E-state index in [0.29, 0.717) is 6.79 Å². The molecule has 0 saturated carbocycles. The van der Waals surface area contributed by atoms with Crippen LogP contribution >= 0.6 is 0 Å². The third-order valence-electron chi connectivity index (χ3n) is 3.51. The predicted molar refractivity (Wildman–Crippen MR) is 77.2 cm³/mol. The summed E-state index contributed by atoms with van der Waals surface area (Å²) < 4.78 is 12.6. The molecular weight excluding hydrogens is 254 g/mol. The maximum absolute atomic E-state index is 5.42. The summed E-state index contributed by atoms with van der Waals surface area (Å²) in [5, 5.41) is 7.95. The van der Waals surface area contributed by atoms with Crippen LogP contribution in [0.25, 0.3) is 0 Å². The van der Waals surface area contributed by atoms with Crippen LogP contribution in [0.4, 0.5) is 5.69 Å². The van der Waals surface area contributed by atoms with Gasteiger partial charge in [-0.15, -0.1) is 0 Å². The Hall–Kier alpha value is -2.17. The minimum absolute atomic E-state index is 0.180. The molecule has 0 spiro atoms. The van der Waals surface area contributed by atoms with Gasteiger partial charge in [-0.1, -0.05) is 13.0 Å². The highest BCUT2D eigenvalue weighted by Crippen LogP contribution is 2.35. The third-order valence-corrected chi connectivity index (χ3v) is 3.51. The van der Waals surface area contributed by atoms with Gasteiger partial charge in [-0.2, -0.15) is 5.10 Å². The molecule has 5 heteroatoms. The molecule has 1 aromatic heterocycles. The average Bonchev–Trinajstić information content (AvgIpc) is 3.03. The number of aryl methyl sites for hydroxylation is 2. The van der Waals surface area contributed by atoms with Crippen LogP contribution in [-0.2, 0) is 13.5 Å². The number of ether oxygens (including phenoxy) is 2. The molecule has 106 valence electrons. The van der Waals surface area contributed by atoms with E-state index in [2.05, 4.69) is 30.3 Å². The van der Waals surface area contributed by atoms with Crippen molar-refractivity contribution in [2.75, 3.05) is 12.1 Å². The van der Waals surface area contributed by atoms with Crippen LogP contribution in [0.15, 0.2) is 24.4 Å². The van der Waals surface area contributed by atoms with Crippen LogP contribution in [-0.4, -0.2) is 16.6 Å². The molecule has 20 heavy (non-hydrogen) atoms. The molecule has 2 heterocycles. The standard InChI is InChI=1S/C15H19N3O2/c1-4-12-13(8-18(3)17-12)16-10(2)11-5-6-14-15(7-11)20-9-19-14/h5-8,10,16H,4,9H2,1-3H3. The topological polar surface area (TPSA) is 48.3 Å². The number of aromatic nitrogens is 2. The van der Waals surface area contributed by atoms with Crippen LogP contribution in [0.1, 0.15) is 31.1 Å². The van der Waals surface area contributed by atoms with Crippen molar-refractivity contribution in [2.24, 2.45) is 7.05 Å². The summed E-state index contributed by atoms with van der Waals surface area (Å²) in [6.07, 6.45) is 2.93. The van der Waals surface area contributed by atoms with E-state index in [1.165, 1.54) is 5.56 Å².